The second-order valence-corrected chi connectivity index (χ2v) is 8.16. The van der Waals surface area contributed by atoms with Crippen LogP contribution in [0.15, 0.2) is 39.4 Å². The van der Waals surface area contributed by atoms with Crippen LogP contribution in [0.4, 0.5) is 5.69 Å². The number of fused-ring (bicyclic) bond motifs is 1. The lowest BCUT2D eigenvalue weighted by Crippen LogP contribution is -2.50. The molecule has 26 heavy (non-hydrogen) atoms. The van der Waals surface area contributed by atoms with Crippen molar-refractivity contribution in [2.45, 2.75) is 26.1 Å². The summed E-state index contributed by atoms with van der Waals surface area (Å²) in [5.41, 5.74) is 3.68. The van der Waals surface area contributed by atoms with Crippen LogP contribution in [0.25, 0.3) is 0 Å². The van der Waals surface area contributed by atoms with Crippen LogP contribution in [0.3, 0.4) is 0 Å². The number of ether oxygens (including phenoxy) is 1. The van der Waals surface area contributed by atoms with Gasteiger partial charge in [-0.05, 0) is 39.5 Å². The van der Waals surface area contributed by atoms with Gasteiger partial charge in [-0.1, -0.05) is 19.9 Å². The SMILES string of the molecule is CC(C)c1ccc(N2C3=NC(N4CCOCC4)NC=C3CN2C)c(Br)c1. The number of aliphatic imine (C=N–C) groups is 1. The summed E-state index contributed by atoms with van der Waals surface area (Å²) in [5, 5.41) is 7.88. The smallest absolute Gasteiger partial charge is 0.178 e. The second-order valence-electron chi connectivity index (χ2n) is 7.30. The van der Waals surface area contributed by atoms with E-state index >= 15 is 0 Å². The first-order valence-corrected chi connectivity index (χ1v) is 9.99. The van der Waals surface area contributed by atoms with Crippen molar-refractivity contribution in [1.29, 1.82) is 0 Å². The van der Waals surface area contributed by atoms with Gasteiger partial charge in [-0.15, -0.1) is 0 Å². The van der Waals surface area contributed by atoms with Crippen molar-refractivity contribution in [2.24, 2.45) is 4.99 Å². The first kappa shape index (κ1) is 18.0. The Morgan fingerprint density at radius 1 is 1.27 bits per heavy atom. The minimum absolute atomic E-state index is 0.0274. The molecule has 1 atom stereocenters. The number of benzene rings is 1. The van der Waals surface area contributed by atoms with Crippen molar-refractivity contribution >= 4 is 27.5 Å². The predicted molar refractivity (Wildman–Crippen MR) is 108 cm³/mol. The molecule has 0 spiro atoms. The fourth-order valence-corrected chi connectivity index (χ4v) is 4.19. The maximum atomic E-state index is 5.47. The van der Waals surface area contributed by atoms with E-state index < -0.39 is 0 Å². The number of likely N-dealkylation sites (N-methyl/N-ethyl adjacent to an activating group) is 1. The Labute approximate surface area is 163 Å². The zero-order valence-corrected chi connectivity index (χ0v) is 17.2. The van der Waals surface area contributed by atoms with Gasteiger partial charge in [0.1, 0.15) is 0 Å². The lowest BCUT2D eigenvalue weighted by atomic mass is 10.0. The zero-order valence-electron chi connectivity index (χ0n) is 15.6. The molecule has 6 nitrogen and oxygen atoms in total. The van der Waals surface area contributed by atoms with E-state index in [1.54, 1.807) is 0 Å². The highest BCUT2D eigenvalue weighted by Gasteiger charge is 2.35. The summed E-state index contributed by atoms with van der Waals surface area (Å²) < 4.78 is 6.57. The fourth-order valence-electron chi connectivity index (χ4n) is 3.62. The first-order chi connectivity index (χ1) is 12.5. The number of rotatable bonds is 3. The first-order valence-electron chi connectivity index (χ1n) is 9.20. The second kappa shape index (κ2) is 7.31. The molecule has 0 amide bonds. The van der Waals surface area contributed by atoms with Gasteiger partial charge in [0, 0.05) is 42.9 Å². The molecule has 1 unspecified atom stereocenters. The maximum absolute atomic E-state index is 5.47. The van der Waals surface area contributed by atoms with E-state index in [4.69, 9.17) is 9.73 Å². The van der Waals surface area contributed by atoms with E-state index in [0.717, 1.165) is 48.8 Å². The summed E-state index contributed by atoms with van der Waals surface area (Å²) in [4.78, 5) is 7.38. The molecule has 1 aromatic carbocycles. The summed E-state index contributed by atoms with van der Waals surface area (Å²) >= 11 is 3.78. The normalized spacial score (nSPS) is 24.3. The highest BCUT2D eigenvalue weighted by Crippen LogP contribution is 2.35. The third-order valence-electron chi connectivity index (χ3n) is 5.14. The van der Waals surface area contributed by atoms with Crippen molar-refractivity contribution in [1.82, 2.24) is 15.2 Å². The maximum Gasteiger partial charge on any atom is 0.178 e. The molecule has 3 heterocycles. The molecule has 0 bridgehead atoms. The highest BCUT2D eigenvalue weighted by molar-refractivity contribution is 9.10. The van der Waals surface area contributed by atoms with Crippen LogP contribution in [0.2, 0.25) is 0 Å². The molecule has 3 aliphatic heterocycles. The van der Waals surface area contributed by atoms with Crippen LogP contribution in [0, 0.1) is 0 Å². The topological polar surface area (TPSA) is 43.3 Å². The molecule has 1 N–H and O–H groups in total. The fraction of sp³-hybridized carbons (Fsp3) is 0.526. The lowest BCUT2D eigenvalue weighted by Gasteiger charge is -2.35. The van der Waals surface area contributed by atoms with Crippen LogP contribution in [-0.2, 0) is 4.74 Å². The number of nitrogens with zero attached hydrogens (tertiary/aromatic N) is 4. The number of hydrazine groups is 1. The van der Waals surface area contributed by atoms with Crippen LogP contribution >= 0.6 is 15.9 Å². The van der Waals surface area contributed by atoms with Crippen LogP contribution in [0.5, 0.6) is 0 Å². The third-order valence-corrected chi connectivity index (χ3v) is 5.77. The van der Waals surface area contributed by atoms with E-state index in [9.17, 15) is 0 Å². The molecule has 0 aromatic heterocycles. The van der Waals surface area contributed by atoms with Gasteiger partial charge in [-0.2, -0.15) is 0 Å². The minimum Gasteiger partial charge on any atom is -0.379 e. The molecule has 0 aliphatic carbocycles. The number of halogens is 1. The van der Waals surface area contributed by atoms with Crippen molar-refractivity contribution < 1.29 is 4.74 Å². The van der Waals surface area contributed by atoms with Gasteiger partial charge in [-0.3, -0.25) is 9.91 Å². The van der Waals surface area contributed by atoms with E-state index in [2.05, 4.69) is 81.5 Å². The number of nitrogens with one attached hydrogen (secondary N) is 1. The van der Waals surface area contributed by atoms with Crippen LogP contribution in [-0.4, -0.2) is 61.9 Å². The Hall–Kier alpha value is -1.41. The largest absolute Gasteiger partial charge is 0.379 e. The molecule has 2 saturated heterocycles. The summed E-state index contributed by atoms with van der Waals surface area (Å²) in [6.45, 7) is 8.62. The molecular formula is C19H26BrN5O. The Morgan fingerprint density at radius 3 is 2.73 bits per heavy atom. The van der Waals surface area contributed by atoms with Crippen molar-refractivity contribution in [3.8, 4) is 0 Å². The Bertz CT molecular complexity index is 741. The average molecular weight is 420 g/mol. The summed E-state index contributed by atoms with van der Waals surface area (Å²) in [5.74, 6) is 1.54. The molecule has 7 heteroatoms. The Morgan fingerprint density at radius 2 is 2.04 bits per heavy atom. The van der Waals surface area contributed by atoms with Gasteiger partial charge in [0.25, 0.3) is 0 Å². The van der Waals surface area contributed by atoms with E-state index in [1.807, 2.05) is 0 Å². The molecular weight excluding hydrogens is 394 g/mol. The molecule has 1 aromatic rings. The average Bonchev–Trinajstić information content (AvgIpc) is 2.97. The number of hydrogen-bond acceptors (Lipinski definition) is 6. The molecule has 4 rings (SSSR count). The van der Waals surface area contributed by atoms with E-state index in [0.29, 0.717) is 5.92 Å². The predicted octanol–water partition coefficient (Wildman–Crippen LogP) is 2.74. The van der Waals surface area contributed by atoms with Gasteiger partial charge in [0.2, 0.25) is 0 Å². The van der Waals surface area contributed by atoms with Crippen molar-refractivity contribution in [2.75, 3.05) is 44.9 Å². The van der Waals surface area contributed by atoms with Gasteiger partial charge < -0.3 is 10.1 Å². The molecule has 2 fully saturated rings. The quantitative estimate of drug-likeness (QED) is 0.815. The molecule has 140 valence electrons. The standard InChI is InChI=1S/C19H26BrN5O/c1-13(2)14-4-5-17(16(20)10-14)25-18-15(12-23(25)3)11-21-19(22-18)24-6-8-26-9-7-24/h4-5,10-11,13,19,21H,6-9,12H2,1-3H3. The summed E-state index contributed by atoms with van der Waals surface area (Å²) in [6.07, 6.45) is 2.09. The zero-order chi connectivity index (χ0) is 18.3. The van der Waals surface area contributed by atoms with Crippen LogP contribution in [0.1, 0.15) is 25.3 Å². The van der Waals surface area contributed by atoms with Crippen molar-refractivity contribution in [3.63, 3.8) is 0 Å². The number of amidine groups is 1. The summed E-state index contributed by atoms with van der Waals surface area (Å²) in [7, 11) is 2.11. The molecule has 3 aliphatic rings. The van der Waals surface area contributed by atoms with Gasteiger partial charge in [0.15, 0.2) is 12.1 Å². The monoisotopic (exact) mass is 419 g/mol. The number of hydrogen-bond donors (Lipinski definition) is 1. The third kappa shape index (κ3) is 3.29. The van der Waals surface area contributed by atoms with E-state index in [-0.39, 0.29) is 6.29 Å². The minimum atomic E-state index is -0.0274. The lowest BCUT2D eigenvalue weighted by molar-refractivity contribution is 0.0136. The van der Waals surface area contributed by atoms with Gasteiger partial charge >= 0.3 is 0 Å². The highest BCUT2D eigenvalue weighted by atomic mass is 79.9. The number of anilines is 1. The van der Waals surface area contributed by atoms with Gasteiger partial charge in [-0.25, -0.2) is 10.0 Å². The Balaban J connectivity index is 1.65. The van der Waals surface area contributed by atoms with Gasteiger partial charge in [0.05, 0.1) is 18.9 Å². The van der Waals surface area contributed by atoms with E-state index in [1.165, 1.54) is 11.1 Å². The molecule has 0 saturated carbocycles. The van der Waals surface area contributed by atoms with Crippen LogP contribution < -0.4 is 10.3 Å². The van der Waals surface area contributed by atoms with Crippen molar-refractivity contribution in [3.05, 3.63) is 40.0 Å². The molecule has 0 radical (unpaired) electrons. The summed E-state index contributed by atoms with van der Waals surface area (Å²) in [6, 6.07) is 6.62. The number of morpholine rings is 1. The Kier molecular flexibility index (Phi) is 5.05.